The van der Waals surface area contributed by atoms with E-state index in [9.17, 15) is 19.5 Å². The van der Waals surface area contributed by atoms with Crippen LogP contribution in [0.4, 0.5) is 0 Å². The van der Waals surface area contributed by atoms with Crippen LogP contribution in [0, 0.1) is 5.92 Å². The lowest BCUT2D eigenvalue weighted by Gasteiger charge is -2.25. The maximum atomic E-state index is 12.8. The summed E-state index contributed by atoms with van der Waals surface area (Å²) in [6, 6.07) is 7.86. The van der Waals surface area contributed by atoms with Crippen molar-refractivity contribution in [2.75, 3.05) is 26.4 Å². The Bertz CT molecular complexity index is 947. The number of carbonyl (C=O) groups is 3. The largest absolute Gasteiger partial charge is 0.462 e. The molecule has 1 heterocycles. The highest BCUT2D eigenvalue weighted by atomic mass is 32.2. The zero-order valence-electron chi connectivity index (χ0n) is 17.2. The number of hydrogen-bond donors (Lipinski definition) is 1. The van der Waals surface area contributed by atoms with Gasteiger partial charge in [-0.3, -0.25) is 9.59 Å². The van der Waals surface area contributed by atoms with Crippen LogP contribution >= 0.6 is 11.8 Å². The molecule has 2 aliphatic rings. The molecule has 1 aromatic carbocycles. The van der Waals surface area contributed by atoms with Gasteiger partial charge in [-0.15, -0.1) is 0 Å². The van der Waals surface area contributed by atoms with E-state index in [4.69, 9.17) is 14.2 Å². The molecule has 0 saturated heterocycles. The quantitative estimate of drug-likeness (QED) is 0.268. The number of rotatable bonds is 9. The van der Waals surface area contributed by atoms with Gasteiger partial charge in [0.05, 0.1) is 13.2 Å². The van der Waals surface area contributed by atoms with Gasteiger partial charge in [-0.1, -0.05) is 48.7 Å². The molecule has 0 amide bonds. The topological polar surface area (TPSA) is 99.1 Å². The van der Waals surface area contributed by atoms with Crippen molar-refractivity contribution in [2.45, 2.75) is 24.3 Å². The van der Waals surface area contributed by atoms with Crippen LogP contribution in [0.2, 0.25) is 0 Å². The third-order valence-electron chi connectivity index (χ3n) is 4.67. The van der Waals surface area contributed by atoms with Crippen molar-refractivity contribution in [3.05, 3.63) is 64.6 Å². The Hall–Kier alpha value is -2.68. The lowest BCUT2D eigenvalue weighted by atomic mass is 9.88. The normalized spacial score (nSPS) is 18.1. The van der Waals surface area contributed by atoms with Gasteiger partial charge >= 0.3 is 11.9 Å². The third-order valence-corrected chi connectivity index (χ3v) is 5.89. The number of hydrogen-bond acceptors (Lipinski definition) is 8. The molecule has 1 aliphatic carbocycles. The summed E-state index contributed by atoms with van der Waals surface area (Å²) in [7, 11) is 0. The molecule has 0 saturated carbocycles. The smallest absolute Gasteiger partial charge is 0.333 e. The van der Waals surface area contributed by atoms with Crippen LogP contribution < -0.4 is 0 Å². The second kappa shape index (κ2) is 10.6. The van der Waals surface area contributed by atoms with Crippen molar-refractivity contribution in [3.63, 3.8) is 0 Å². The van der Waals surface area contributed by atoms with E-state index in [0.717, 1.165) is 15.4 Å². The minimum absolute atomic E-state index is 0.0259. The van der Waals surface area contributed by atoms with Gasteiger partial charge < -0.3 is 19.3 Å². The maximum absolute atomic E-state index is 12.8. The predicted octanol–water partition coefficient (Wildman–Crippen LogP) is 2.38. The fourth-order valence-corrected chi connectivity index (χ4v) is 4.14. The number of fused-ring (bicyclic) bond motifs is 1. The van der Waals surface area contributed by atoms with Gasteiger partial charge in [0.1, 0.15) is 25.2 Å². The first-order valence-electron chi connectivity index (χ1n) is 9.83. The first-order valence-corrected chi connectivity index (χ1v) is 10.6. The number of carbonyl (C=O) groups excluding carboxylic acids is 3. The van der Waals surface area contributed by atoms with Crippen molar-refractivity contribution in [2.24, 2.45) is 5.92 Å². The summed E-state index contributed by atoms with van der Waals surface area (Å²) >= 11 is 1.52. The molecule has 164 valence electrons. The molecule has 0 spiro atoms. The summed E-state index contributed by atoms with van der Waals surface area (Å²) in [5.74, 6) is -2.50. The number of esters is 2. The summed E-state index contributed by atoms with van der Waals surface area (Å²) in [5, 5.41) is 9.92. The summed E-state index contributed by atoms with van der Waals surface area (Å²) in [4.78, 5) is 38.4. The van der Waals surface area contributed by atoms with Gasteiger partial charge in [-0.25, -0.2) is 4.79 Å². The Morgan fingerprint density at radius 1 is 1.23 bits per heavy atom. The molecule has 1 N–H and O–H groups in total. The summed E-state index contributed by atoms with van der Waals surface area (Å²) < 4.78 is 15.2. The number of thioether (sulfide) groups is 1. The van der Waals surface area contributed by atoms with Gasteiger partial charge in [0, 0.05) is 27.4 Å². The lowest BCUT2D eigenvalue weighted by Crippen LogP contribution is -2.32. The molecule has 8 heteroatoms. The number of ketones is 1. The van der Waals surface area contributed by atoms with E-state index in [-0.39, 0.29) is 37.8 Å². The van der Waals surface area contributed by atoms with Gasteiger partial charge in [0.15, 0.2) is 5.78 Å². The highest BCUT2D eigenvalue weighted by Gasteiger charge is 2.35. The van der Waals surface area contributed by atoms with E-state index in [0.29, 0.717) is 12.0 Å². The number of allylic oxidation sites excluding steroid dienone is 2. The molecule has 0 radical (unpaired) electrons. The second-order valence-corrected chi connectivity index (χ2v) is 8.29. The van der Waals surface area contributed by atoms with Crippen LogP contribution in [0.25, 0.3) is 0 Å². The summed E-state index contributed by atoms with van der Waals surface area (Å²) in [5.41, 5.74) is 1.96. The van der Waals surface area contributed by atoms with E-state index < -0.39 is 24.0 Å². The van der Waals surface area contributed by atoms with E-state index in [1.54, 1.807) is 12.2 Å². The highest BCUT2D eigenvalue weighted by molar-refractivity contribution is 8.03. The van der Waals surface area contributed by atoms with Gasteiger partial charge in [0.25, 0.3) is 0 Å². The molecule has 1 aromatic rings. The van der Waals surface area contributed by atoms with Gasteiger partial charge in [-0.05, 0) is 18.6 Å². The van der Waals surface area contributed by atoms with Crippen molar-refractivity contribution >= 4 is 29.5 Å². The number of benzene rings is 1. The summed E-state index contributed by atoms with van der Waals surface area (Å²) in [6.45, 7) is 4.71. The maximum Gasteiger partial charge on any atom is 0.333 e. The average Bonchev–Trinajstić information content (AvgIpc) is 2.76. The molecule has 1 aliphatic heterocycles. The highest BCUT2D eigenvalue weighted by Crippen LogP contribution is 2.42. The minimum Gasteiger partial charge on any atom is -0.462 e. The molecule has 0 fully saturated rings. The van der Waals surface area contributed by atoms with Crippen molar-refractivity contribution in [1.82, 2.24) is 0 Å². The van der Waals surface area contributed by atoms with Crippen LogP contribution in [0.1, 0.15) is 12.5 Å². The number of Topliss-reactive ketones (excluding diaryl/α,β-unsaturated/α-hetero) is 1. The predicted molar refractivity (Wildman–Crippen MR) is 114 cm³/mol. The lowest BCUT2D eigenvalue weighted by molar-refractivity contribution is -0.153. The molecule has 7 nitrogen and oxygen atoms in total. The van der Waals surface area contributed by atoms with Crippen LogP contribution in [-0.2, 0) is 35.0 Å². The Morgan fingerprint density at radius 2 is 2.00 bits per heavy atom. The zero-order chi connectivity index (χ0) is 22.4. The van der Waals surface area contributed by atoms with Crippen LogP contribution in [0.5, 0.6) is 0 Å². The average molecular weight is 445 g/mol. The second-order valence-electron chi connectivity index (χ2n) is 7.21. The third kappa shape index (κ3) is 5.94. The molecule has 0 aromatic heterocycles. The number of ether oxygens (including phenoxy) is 3. The monoisotopic (exact) mass is 444 g/mol. The van der Waals surface area contributed by atoms with Crippen molar-refractivity contribution in [3.8, 4) is 0 Å². The Morgan fingerprint density at radius 3 is 2.77 bits per heavy atom. The Kier molecular flexibility index (Phi) is 7.84. The van der Waals surface area contributed by atoms with Crippen molar-refractivity contribution in [1.29, 1.82) is 0 Å². The standard InChI is InChI=1S/C23H24O7S/c1-14(2)22(26)29-10-9-28-12-16(24)13-30-23(27)17-7-8-20-18(21(17)25)11-15-5-3-4-6-19(15)31-20/h3-8,16-17,24H,1,9-13H2,2H3. The first-order chi connectivity index (χ1) is 14.9. The molecule has 2 atom stereocenters. The molecule has 0 bridgehead atoms. The van der Waals surface area contributed by atoms with Crippen molar-refractivity contribution < 1.29 is 33.7 Å². The zero-order valence-corrected chi connectivity index (χ0v) is 18.0. The van der Waals surface area contributed by atoms with E-state index in [2.05, 4.69) is 6.58 Å². The fourth-order valence-electron chi connectivity index (χ4n) is 3.05. The van der Waals surface area contributed by atoms with E-state index >= 15 is 0 Å². The van der Waals surface area contributed by atoms with Crippen LogP contribution in [-0.4, -0.2) is 55.4 Å². The first kappa shape index (κ1) is 23.0. The Labute approximate surface area is 184 Å². The van der Waals surface area contributed by atoms with E-state index in [1.165, 1.54) is 18.7 Å². The number of aliphatic hydroxyl groups is 1. The van der Waals surface area contributed by atoms with Gasteiger partial charge in [-0.2, -0.15) is 0 Å². The minimum atomic E-state index is -1.06. The van der Waals surface area contributed by atoms with Crippen LogP contribution in [0.3, 0.4) is 0 Å². The number of aliphatic hydroxyl groups excluding tert-OH is 1. The molecular formula is C23H24O7S. The molecule has 31 heavy (non-hydrogen) atoms. The molecular weight excluding hydrogens is 420 g/mol. The fraction of sp³-hybridized carbons (Fsp3) is 0.348. The van der Waals surface area contributed by atoms with E-state index in [1.807, 2.05) is 24.3 Å². The summed E-state index contributed by atoms with van der Waals surface area (Å²) in [6.07, 6.45) is 2.76. The molecule has 2 unspecified atom stereocenters. The van der Waals surface area contributed by atoms with Crippen LogP contribution in [0.15, 0.2) is 63.9 Å². The Balaban J connectivity index is 1.42. The molecule has 3 rings (SSSR count). The van der Waals surface area contributed by atoms with Gasteiger partial charge in [0.2, 0.25) is 0 Å². The SMILES string of the molecule is C=C(C)C(=O)OCCOCC(O)COC(=O)C1C=CC2=C(Cc3ccccc3S2)C1=O.